The minimum atomic E-state index is -1.01. The largest absolute Gasteiger partial charge is 0.466 e. The Bertz CT molecular complexity index is 502. The van der Waals surface area contributed by atoms with Crippen molar-refractivity contribution >= 4 is 17.6 Å². The maximum Gasteiger partial charge on any atom is 0.310 e. The Balaban J connectivity index is 2.30. The van der Waals surface area contributed by atoms with Gasteiger partial charge in [0, 0.05) is 5.69 Å². The van der Waals surface area contributed by atoms with Crippen LogP contribution >= 0.6 is 0 Å². The van der Waals surface area contributed by atoms with E-state index in [0.717, 1.165) is 0 Å². The van der Waals surface area contributed by atoms with Crippen LogP contribution in [-0.4, -0.2) is 30.3 Å². The summed E-state index contributed by atoms with van der Waals surface area (Å²) < 4.78 is 10.7. The molecular formula is C15H19NO4. The molecule has 1 aliphatic heterocycles. The summed E-state index contributed by atoms with van der Waals surface area (Å²) in [6.07, 6.45) is -0.569. The van der Waals surface area contributed by atoms with Crippen molar-refractivity contribution < 1.29 is 19.1 Å². The molecule has 0 radical (unpaired) electrons. The predicted molar refractivity (Wildman–Crippen MR) is 74.1 cm³/mol. The standard InChI is InChI=1S/C15H19NO4/c1-4-19-13(17)10-15(3)16(14(18)11(2)20-15)12-8-6-5-7-9-12/h5-9,11H,4,10H2,1-3H3/t11-,15-/m0/s1. The van der Waals surface area contributed by atoms with Crippen LogP contribution in [0.15, 0.2) is 30.3 Å². The number of hydrogen-bond acceptors (Lipinski definition) is 4. The average Bonchev–Trinajstić information content (AvgIpc) is 2.60. The molecule has 0 aliphatic carbocycles. The van der Waals surface area contributed by atoms with Crippen LogP contribution in [0.1, 0.15) is 27.2 Å². The first-order valence-corrected chi connectivity index (χ1v) is 6.70. The molecule has 20 heavy (non-hydrogen) atoms. The van der Waals surface area contributed by atoms with Crippen molar-refractivity contribution in [2.45, 2.75) is 39.0 Å². The summed E-state index contributed by atoms with van der Waals surface area (Å²) in [5, 5.41) is 0. The molecular weight excluding hydrogens is 258 g/mol. The molecule has 1 amide bonds. The van der Waals surface area contributed by atoms with Crippen molar-refractivity contribution in [2.75, 3.05) is 11.5 Å². The predicted octanol–water partition coefficient (Wildman–Crippen LogP) is 2.11. The van der Waals surface area contributed by atoms with Crippen LogP contribution in [0.2, 0.25) is 0 Å². The Morgan fingerprint density at radius 1 is 1.40 bits per heavy atom. The highest BCUT2D eigenvalue weighted by Crippen LogP contribution is 2.35. The Hall–Kier alpha value is -1.88. The lowest BCUT2D eigenvalue weighted by Gasteiger charge is -2.32. The molecule has 0 unspecified atom stereocenters. The van der Waals surface area contributed by atoms with Crippen LogP contribution in [0, 0.1) is 0 Å². The van der Waals surface area contributed by atoms with E-state index in [2.05, 4.69) is 0 Å². The molecule has 5 nitrogen and oxygen atoms in total. The fraction of sp³-hybridized carbons (Fsp3) is 0.467. The zero-order valence-electron chi connectivity index (χ0n) is 12.0. The fourth-order valence-corrected chi connectivity index (χ4v) is 2.48. The van der Waals surface area contributed by atoms with Crippen molar-refractivity contribution in [1.29, 1.82) is 0 Å². The minimum absolute atomic E-state index is 0.00577. The molecule has 1 aromatic carbocycles. The highest BCUT2D eigenvalue weighted by atomic mass is 16.6. The monoisotopic (exact) mass is 277 g/mol. The summed E-state index contributed by atoms with van der Waals surface area (Å²) in [5.41, 5.74) is -0.293. The van der Waals surface area contributed by atoms with E-state index in [1.807, 2.05) is 30.3 Å². The van der Waals surface area contributed by atoms with E-state index in [1.165, 1.54) is 4.90 Å². The van der Waals surface area contributed by atoms with Crippen LogP contribution in [0.25, 0.3) is 0 Å². The molecule has 1 aliphatic rings. The molecule has 1 heterocycles. The zero-order valence-corrected chi connectivity index (χ0v) is 12.0. The van der Waals surface area contributed by atoms with Gasteiger partial charge in [-0.2, -0.15) is 0 Å². The van der Waals surface area contributed by atoms with Crippen molar-refractivity contribution in [1.82, 2.24) is 0 Å². The third-order valence-electron chi connectivity index (χ3n) is 3.26. The van der Waals surface area contributed by atoms with E-state index in [0.29, 0.717) is 12.3 Å². The Morgan fingerprint density at radius 2 is 2.05 bits per heavy atom. The van der Waals surface area contributed by atoms with Gasteiger partial charge in [-0.05, 0) is 32.9 Å². The lowest BCUT2D eigenvalue weighted by atomic mass is 10.1. The van der Waals surface area contributed by atoms with Gasteiger partial charge in [0.1, 0.15) is 6.10 Å². The molecule has 0 aromatic heterocycles. The second-order valence-corrected chi connectivity index (χ2v) is 4.93. The molecule has 1 aromatic rings. The summed E-state index contributed by atoms with van der Waals surface area (Å²) in [4.78, 5) is 25.6. The molecule has 108 valence electrons. The number of amides is 1. The van der Waals surface area contributed by atoms with E-state index < -0.39 is 11.8 Å². The smallest absolute Gasteiger partial charge is 0.310 e. The van der Waals surface area contributed by atoms with E-state index in [9.17, 15) is 9.59 Å². The number of esters is 1. The first kappa shape index (κ1) is 14.5. The first-order chi connectivity index (χ1) is 9.48. The van der Waals surface area contributed by atoms with Gasteiger partial charge >= 0.3 is 5.97 Å². The molecule has 0 spiro atoms. The number of ether oxygens (including phenoxy) is 2. The summed E-state index contributed by atoms with van der Waals surface area (Å²) >= 11 is 0. The van der Waals surface area contributed by atoms with Gasteiger partial charge in [0.25, 0.3) is 5.91 Å². The number of rotatable bonds is 4. The second-order valence-electron chi connectivity index (χ2n) is 4.93. The van der Waals surface area contributed by atoms with Crippen LogP contribution < -0.4 is 4.90 Å². The number of para-hydroxylation sites is 1. The summed E-state index contributed by atoms with van der Waals surface area (Å²) in [6.45, 7) is 5.48. The van der Waals surface area contributed by atoms with Crippen LogP contribution in [0.4, 0.5) is 5.69 Å². The van der Waals surface area contributed by atoms with Crippen LogP contribution in [0.3, 0.4) is 0 Å². The zero-order chi connectivity index (χ0) is 14.8. The molecule has 5 heteroatoms. The maximum atomic E-state index is 12.3. The SMILES string of the molecule is CCOC(=O)C[C@]1(C)O[C@@H](C)C(=O)N1c1ccccc1. The summed E-state index contributed by atoms with van der Waals surface area (Å²) in [5.74, 6) is -0.527. The van der Waals surface area contributed by atoms with Crippen molar-refractivity contribution in [3.05, 3.63) is 30.3 Å². The number of benzene rings is 1. The molecule has 0 bridgehead atoms. The third-order valence-corrected chi connectivity index (χ3v) is 3.26. The number of hydrogen-bond donors (Lipinski definition) is 0. The van der Waals surface area contributed by atoms with Crippen molar-refractivity contribution in [2.24, 2.45) is 0 Å². The van der Waals surface area contributed by atoms with Gasteiger partial charge in [0.15, 0.2) is 5.72 Å². The Morgan fingerprint density at radius 3 is 2.65 bits per heavy atom. The lowest BCUT2D eigenvalue weighted by molar-refractivity contribution is -0.149. The van der Waals surface area contributed by atoms with Gasteiger partial charge in [-0.15, -0.1) is 0 Å². The van der Waals surface area contributed by atoms with Crippen molar-refractivity contribution in [3.63, 3.8) is 0 Å². The normalized spacial score (nSPS) is 25.9. The van der Waals surface area contributed by atoms with E-state index in [1.54, 1.807) is 20.8 Å². The number of nitrogens with zero attached hydrogens (tertiary/aromatic N) is 1. The summed E-state index contributed by atoms with van der Waals surface area (Å²) in [6, 6.07) is 9.20. The van der Waals surface area contributed by atoms with E-state index in [-0.39, 0.29) is 18.3 Å². The van der Waals surface area contributed by atoms with Crippen LogP contribution in [-0.2, 0) is 19.1 Å². The fourth-order valence-electron chi connectivity index (χ4n) is 2.48. The van der Waals surface area contributed by atoms with Crippen LogP contribution in [0.5, 0.6) is 0 Å². The molecule has 0 N–H and O–H groups in total. The lowest BCUT2D eigenvalue weighted by Crippen LogP contribution is -2.46. The highest BCUT2D eigenvalue weighted by Gasteiger charge is 2.49. The maximum absolute atomic E-state index is 12.3. The Labute approximate surface area is 118 Å². The second kappa shape index (κ2) is 5.63. The van der Waals surface area contributed by atoms with Gasteiger partial charge in [0.05, 0.1) is 13.0 Å². The molecule has 2 atom stereocenters. The molecule has 2 rings (SSSR count). The van der Waals surface area contributed by atoms with Gasteiger partial charge in [-0.25, -0.2) is 0 Å². The Kier molecular flexibility index (Phi) is 4.09. The molecule has 1 saturated heterocycles. The van der Waals surface area contributed by atoms with Gasteiger partial charge in [0.2, 0.25) is 0 Å². The van der Waals surface area contributed by atoms with E-state index in [4.69, 9.17) is 9.47 Å². The minimum Gasteiger partial charge on any atom is -0.466 e. The molecule has 0 saturated carbocycles. The third kappa shape index (κ3) is 2.67. The first-order valence-electron chi connectivity index (χ1n) is 6.70. The summed E-state index contributed by atoms with van der Waals surface area (Å²) in [7, 11) is 0. The van der Waals surface area contributed by atoms with Gasteiger partial charge in [-0.3, -0.25) is 14.5 Å². The number of carbonyl (C=O) groups is 2. The van der Waals surface area contributed by atoms with E-state index >= 15 is 0 Å². The van der Waals surface area contributed by atoms with Gasteiger partial charge < -0.3 is 9.47 Å². The molecule has 1 fully saturated rings. The highest BCUT2D eigenvalue weighted by molar-refractivity contribution is 6.00. The quantitative estimate of drug-likeness (QED) is 0.791. The van der Waals surface area contributed by atoms with Gasteiger partial charge in [-0.1, -0.05) is 18.2 Å². The topological polar surface area (TPSA) is 55.8 Å². The number of anilines is 1. The number of carbonyl (C=O) groups excluding carboxylic acids is 2. The van der Waals surface area contributed by atoms with Crippen molar-refractivity contribution in [3.8, 4) is 0 Å². The average molecular weight is 277 g/mol.